The van der Waals surface area contributed by atoms with E-state index < -0.39 is 17.6 Å². The Morgan fingerprint density at radius 2 is 1.79 bits per heavy atom. The largest absolute Gasteiger partial charge is 0.502 e. The number of carbonyl (C=O) groups is 2. The first kappa shape index (κ1) is 18.0. The third-order valence-electron chi connectivity index (χ3n) is 3.57. The van der Waals surface area contributed by atoms with Crippen LogP contribution in [0.15, 0.2) is 30.0 Å². The molecule has 0 fully saturated rings. The Bertz CT molecular complexity index is 633. The maximum atomic E-state index is 12.5. The Morgan fingerprint density at radius 1 is 1.12 bits per heavy atom. The molecule has 0 bridgehead atoms. The van der Waals surface area contributed by atoms with Crippen molar-refractivity contribution in [3.8, 4) is 5.75 Å². The van der Waals surface area contributed by atoms with E-state index in [4.69, 9.17) is 9.47 Å². The number of hydrogen-bond acceptors (Lipinski definition) is 5. The maximum Gasteiger partial charge on any atom is 0.296 e. The Hall–Kier alpha value is -2.34. The summed E-state index contributed by atoms with van der Waals surface area (Å²) in [5, 5.41) is 10.1. The van der Waals surface area contributed by atoms with Gasteiger partial charge in [0, 0.05) is 13.2 Å². The molecule has 0 aromatic heterocycles. The normalized spacial score (nSPS) is 14.9. The fourth-order valence-electron chi connectivity index (χ4n) is 2.45. The molecular formula is C18H23NO5. The van der Waals surface area contributed by atoms with Gasteiger partial charge in [-0.15, -0.1) is 0 Å². The van der Waals surface area contributed by atoms with Crippen molar-refractivity contribution < 1.29 is 24.2 Å². The van der Waals surface area contributed by atoms with Gasteiger partial charge in [-0.3, -0.25) is 14.5 Å². The molecule has 0 spiro atoms. The highest BCUT2D eigenvalue weighted by molar-refractivity contribution is 6.34. The smallest absolute Gasteiger partial charge is 0.296 e. The predicted octanol–water partition coefficient (Wildman–Crippen LogP) is 2.54. The predicted molar refractivity (Wildman–Crippen MR) is 89.6 cm³/mol. The molecule has 1 N–H and O–H groups in total. The van der Waals surface area contributed by atoms with Crippen LogP contribution in [0.2, 0.25) is 0 Å². The van der Waals surface area contributed by atoms with Gasteiger partial charge in [0.05, 0.1) is 18.3 Å². The van der Waals surface area contributed by atoms with Gasteiger partial charge in [-0.2, -0.15) is 0 Å². The van der Waals surface area contributed by atoms with Crippen LogP contribution in [-0.2, 0) is 14.3 Å². The zero-order valence-electron chi connectivity index (χ0n) is 14.2. The fourth-order valence-corrected chi connectivity index (χ4v) is 2.45. The van der Waals surface area contributed by atoms with E-state index >= 15 is 0 Å². The fraction of sp³-hybridized carbons (Fsp3) is 0.444. The molecule has 0 saturated carbocycles. The second-order valence-corrected chi connectivity index (χ2v) is 5.72. The molecule has 0 aliphatic carbocycles. The summed E-state index contributed by atoms with van der Waals surface area (Å²) in [6.07, 6.45) is 0.625. The van der Waals surface area contributed by atoms with E-state index in [0.29, 0.717) is 30.9 Å². The van der Waals surface area contributed by atoms with Crippen LogP contribution >= 0.6 is 0 Å². The van der Waals surface area contributed by atoms with Gasteiger partial charge in [0.1, 0.15) is 5.75 Å². The number of benzene rings is 1. The lowest BCUT2D eigenvalue weighted by atomic mass is 10.1. The van der Waals surface area contributed by atoms with E-state index in [2.05, 4.69) is 0 Å². The molecule has 1 aliphatic rings. The van der Waals surface area contributed by atoms with Crippen LogP contribution in [0.5, 0.6) is 5.75 Å². The maximum absolute atomic E-state index is 12.5. The zero-order chi connectivity index (χ0) is 17.7. The Labute approximate surface area is 141 Å². The number of aliphatic hydroxyl groups is 1. The number of ether oxygens (including phenoxy) is 2. The van der Waals surface area contributed by atoms with Gasteiger partial charge in [-0.25, -0.2) is 0 Å². The molecule has 0 radical (unpaired) electrons. The van der Waals surface area contributed by atoms with Gasteiger partial charge in [-0.05, 0) is 44.9 Å². The molecule has 0 atom stereocenters. The standard InChI is InChI=1S/C18H23NO5/c1-4-23-14-8-6-13(7-9-14)15-16(20)18(22)19(17(15)21)10-5-11-24-12(2)3/h6-9,12,20H,4-5,10-11H2,1-3H3. The lowest BCUT2D eigenvalue weighted by Crippen LogP contribution is -2.33. The molecule has 1 aromatic rings. The molecule has 0 unspecified atom stereocenters. The van der Waals surface area contributed by atoms with E-state index in [1.54, 1.807) is 24.3 Å². The molecule has 0 saturated heterocycles. The number of amides is 2. The average Bonchev–Trinajstić information content (AvgIpc) is 2.76. The molecule has 2 rings (SSSR count). The van der Waals surface area contributed by atoms with Crippen molar-refractivity contribution in [1.82, 2.24) is 4.90 Å². The second-order valence-electron chi connectivity index (χ2n) is 5.72. The van der Waals surface area contributed by atoms with Crippen molar-refractivity contribution >= 4 is 17.4 Å². The highest BCUT2D eigenvalue weighted by Crippen LogP contribution is 2.29. The van der Waals surface area contributed by atoms with Crippen molar-refractivity contribution in [2.24, 2.45) is 0 Å². The van der Waals surface area contributed by atoms with Gasteiger partial charge in [0.2, 0.25) is 0 Å². The summed E-state index contributed by atoms with van der Waals surface area (Å²) >= 11 is 0. The SMILES string of the molecule is CCOc1ccc(C2=C(O)C(=O)N(CCCOC(C)C)C2=O)cc1. The first-order chi connectivity index (χ1) is 11.5. The summed E-state index contributed by atoms with van der Waals surface area (Å²) in [6, 6.07) is 6.73. The van der Waals surface area contributed by atoms with Gasteiger partial charge >= 0.3 is 0 Å². The van der Waals surface area contributed by atoms with E-state index in [1.807, 2.05) is 20.8 Å². The first-order valence-corrected chi connectivity index (χ1v) is 8.10. The van der Waals surface area contributed by atoms with Gasteiger partial charge < -0.3 is 14.6 Å². The van der Waals surface area contributed by atoms with Crippen LogP contribution in [0.1, 0.15) is 32.8 Å². The summed E-state index contributed by atoms with van der Waals surface area (Å²) in [6.45, 7) is 6.93. The molecule has 1 aliphatic heterocycles. The molecule has 1 heterocycles. The zero-order valence-corrected chi connectivity index (χ0v) is 14.2. The Balaban J connectivity index is 2.08. The average molecular weight is 333 g/mol. The third kappa shape index (κ3) is 3.94. The Kier molecular flexibility index (Phi) is 5.98. The number of aliphatic hydroxyl groups excluding tert-OH is 1. The lowest BCUT2D eigenvalue weighted by Gasteiger charge is -2.15. The van der Waals surface area contributed by atoms with Crippen molar-refractivity contribution in [2.45, 2.75) is 33.3 Å². The van der Waals surface area contributed by atoms with E-state index in [0.717, 1.165) is 4.90 Å². The minimum atomic E-state index is -0.659. The van der Waals surface area contributed by atoms with Crippen LogP contribution in [0.4, 0.5) is 0 Å². The van der Waals surface area contributed by atoms with Gasteiger partial charge in [0.25, 0.3) is 11.8 Å². The molecule has 6 nitrogen and oxygen atoms in total. The Morgan fingerprint density at radius 3 is 2.38 bits per heavy atom. The summed E-state index contributed by atoms with van der Waals surface area (Å²) in [5.41, 5.74) is 0.531. The summed E-state index contributed by atoms with van der Waals surface area (Å²) < 4.78 is 10.8. The monoisotopic (exact) mass is 333 g/mol. The van der Waals surface area contributed by atoms with Crippen molar-refractivity contribution in [1.29, 1.82) is 0 Å². The van der Waals surface area contributed by atoms with Crippen LogP contribution in [0.3, 0.4) is 0 Å². The number of carbonyl (C=O) groups excluding carboxylic acids is 2. The van der Waals surface area contributed by atoms with Crippen LogP contribution in [0.25, 0.3) is 5.57 Å². The second kappa shape index (κ2) is 7.97. The summed E-state index contributed by atoms with van der Waals surface area (Å²) in [5.74, 6) is -0.977. The summed E-state index contributed by atoms with van der Waals surface area (Å²) in [7, 11) is 0. The van der Waals surface area contributed by atoms with E-state index in [9.17, 15) is 14.7 Å². The van der Waals surface area contributed by atoms with Crippen molar-refractivity contribution in [2.75, 3.05) is 19.8 Å². The van der Waals surface area contributed by atoms with Gasteiger partial charge in [0.15, 0.2) is 5.76 Å². The van der Waals surface area contributed by atoms with Crippen LogP contribution in [-0.4, -0.2) is 47.7 Å². The summed E-state index contributed by atoms with van der Waals surface area (Å²) in [4.78, 5) is 25.7. The van der Waals surface area contributed by atoms with E-state index in [-0.39, 0.29) is 18.2 Å². The highest BCUT2D eigenvalue weighted by Gasteiger charge is 2.38. The molecular weight excluding hydrogens is 310 g/mol. The minimum absolute atomic E-state index is 0.0350. The number of imide groups is 1. The topological polar surface area (TPSA) is 76.1 Å². The van der Waals surface area contributed by atoms with Crippen LogP contribution in [0, 0.1) is 0 Å². The number of nitrogens with zero attached hydrogens (tertiary/aromatic N) is 1. The quantitative estimate of drug-likeness (QED) is 0.584. The number of hydrogen-bond donors (Lipinski definition) is 1. The molecule has 24 heavy (non-hydrogen) atoms. The number of rotatable bonds is 8. The van der Waals surface area contributed by atoms with Crippen molar-refractivity contribution in [3.05, 3.63) is 35.6 Å². The van der Waals surface area contributed by atoms with E-state index in [1.165, 1.54) is 0 Å². The third-order valence-corrected chi connectivity index (χ3v) is 3.57. The van der Waals surface area contributed by atoms with Crippen LogP contribution < -0.4 is 4.74 Å². The highest BCUT2D eigenvalue weighted by atomic mass is 16.5. The molecule has 1 aromatic carbocycles. The molecule has 130 valence electrons. The minimum Gasteiger partial charge on any atom is -0.502 e. The van der Waals surface area contributed by atoms with Gasteiger partial charge in [-0.1, -0.05) is 12.1 Å². The lowest BCUT2D eigenvalue weighted by molar-refractivity contribution is -0.138. The van der Waals surface area contributed by atoms with Crippen molar-refractivity contribution in [3.63, 3.8) is 0 Å². The molecule has 6 heteroatoms. The molecule has 2 amide bonds. The first-order valence-electron chi connectivity index (χ1n) is 8.10.